The Labute approximate surface area is 138 Å². The van der Waals surface area contributed by atoms with Crippen molar-refractivity contribution >= 4 is 34.4 Å². The van der Waals surface area contributed by atoms with Gasteiger partial charge in [-0.15, -0.1) is 0 Å². The molecule has 23 heavy (non-hydrogen) atoms. The molecule has 0 spiro atoms. The Morgan fingerprint density at radius 3 is 2.70 bits per heavy atom. The summed E-state index contributed by atoms with van der Waals surface area (Å²) in [4.78, 5) is 29.6. The number of piperidine rings is 1. The molecule has 1 fully saturated rings. The molecule has 1 aromatic carbocycles. The van der Waals surface area contributed by atoms with E-state index < -0.39 is 5.97 Å². The van der Waals surface area contributed by atoms with Crippen molar-refractivity contribution in [1.29, 1.82) is 0 Å². The summed E-state index contributed by atoms with van der Waals surface area (Å²) in [5.74, 6) is -0.696. The zero-order valence-corrected chi connectivity index (χ0v) is 13.3. The van der Waals surface area contributed by atoms with Crippen LogP contribution in [0, 0.1) is 5.92 Å². The number of amides is 1. The summed E-state index contributed by atoms with van der Waals surface area (Å²) in [6, 6.07) is 7.07. The second-order valence-electron chi connectivity index (χ2n) is 5.83. The Morgan fingerprint density at radius 1 is 1.26 bits per heavy atom. The van der Waals surface area contributed by atoms with Crippen molar-refractivity contribution in [2.24, 2.45) is 5.92 Å². The molecule has 2 aromatic rings. The first-order valence-electron chi connectivity index (χ1n) is 7.60. The van der Waals surface area contributed by atoms with Crippen LogP contribution in [0.2, 0.25) is 5.02 Å². The number of carboxylic acid groups (broad SMARTS) is 1. The van der Waals surface area contributed by atoms with Crippen LogP contribution in [0.15, 0.2) is 30.5 Å². The number of rotatable bonds is 3. The van der Waals surface area contributed by atoms with Crippen molar-refractivity contribution in [3.63, 3.8) is 0 Å². The second-order valence-corrected chi connectivity index (χ2v) is 6.24. The summed E-state index contributed by atoms with van der Waals surface area (Å²) >= 11 is 6.17. The average molecular weight is 333 g/mol. The number of nitrogens with zero attached hydrogens (tertiary/aromatic N) is 2. The van der Waals surface area contributed by atoms with Gasteiger partial charge in [-0.25, -0.2) is 0 Å². The molecule has 1 N–H and O–H groups in total. The molecule has 3 rings (SSSR count). The molecule has 6 heteroatoms. The number of hydrogen-bond acceptors (Lipinski definition) is 3. The van der Waals surface area contributed by atoms with Crippen molar-refractivity contribution in [2.75, 3.05) is 13.1 Å². The monoisotopic (exact) mass is 332 g/mol. The SMILES string of the molecule is O=C(O)CC1CCN(C(=O)c2ccc(Cl)c3cccnc23)CC1. The highest BCUT2D eigenvalue weighted by atomic mass is 35.5. The Balaban J connectivity index is 1.80. The van der Waals surface area contributed by atoms with E-state index in [2.05, 4.69) is 4.98 Å². The van der Waals surface area contributed by atoms with Gasteiger partial charge in [-0.3, -0.25) is 14.6 Å². The molecule has 0 aliphatic carbocycles. The Kier molecular flexibility index (Phi) is 4.48. The van der Waals surface area contributed by atoms with Gasteiger partial charge in [0.05, 0.1) is 16.1 Å². The molecule has 1 aromatic heterocycles. The van der Waals surface area contributed by atoms with E-state index >= 15 is 0 Å². The lowest BCUT2D eigenvalue weighted by Crippen LogP contribution is -2.39. The highest BCUT2D eigenvalue weighted by Gasteiger charge is 2.26. The molecule has 0 atom stereocenters. The van der Waals surface area contributed by atoms with E-state index in [1.54, 1.807) is 29.3 Å². The lowest BCUT2D eigenvalue weighted by atomic mass is 9.93. The molecular weight excluding hydrogens is 316 g/mol. The van der Waals surface area contributed by atoms with Gasteiger partial charge in [0.25, 0.3) is 5.91 Å². The normalized spacial score (nSPS) is 15.8. The van der Waals surface area contributed by atoms with Gasteiger partial charge in [0.2, 0.25) is 0 Å². The van der Waals surface area contributed by atoms with Gasteiger partial charge in [0, 0.05) is 31.1 Å². The fourth-order valence-corrected chi connectivity index (χ4v) is 3.28. The van der Waals surface area contributed by atoms with Gasteiger partial charge in [-0.1, -0.05) is 11.6 Å². The number of halogens is 1. The number of benzene rings is 1. The highest BCUT2D eigenvalue weighted by molar-refractivity contribution is 6.36. The van der Waals surface area contributed by atoms with E-state index in [1.807, 2.05) is 6.07 Å². The van der Waals surface area contributed by atoms with Crippen molar-refractivity contribution in [3.05, 3.63) is 41.0 Å². The van der Waals surface area contributed by atoms with Gasteiger partial charge in [-0.05, 0) is 43.0 Å². The molecule has 0 saturated carbocycles. The lowest BCUT2D eigenvalue weighted by Gasteiger charge is -2.31. The molecule has 1 aliphatic rings. The number of carbonyl (C=O) groups excluding carboxylic acids is 1. The number of carboxylic acids is 1. The minimum Gasteiger partial charge on any atom is -0.481 e. The summed E-state index contributed by atoms with van der Waals surface area (Å²) in [6.45, 7) is 1.15. The first kappa shape index (κ1) is 15.7. The number of carbonyl (C=O) groups is 2. The minimum atomic E-state index is -0.775. The number of aromatic nitrogens is 1. The van der Waals surface area contributed by atoms with Gasteiger partial charge in [-0.2, -0.15) is 0 Å². The third kappa shape index (κ3) is 3.29. The van der Waals surface area contributed by atoms with Crippen LogP contribution in [0.25, 0.3) is 10.9 Å². The molecule has 0 unspecified atom stereocenters. The fourth-order valence-electron chi connectivity index (χ4n) is 3.07. The molecule has 0 radical (unpaired) electrons. The van der Waals surface area contributed by atoms with Gasteiger partial charge in [0.15, 0.2) is 0 Å². The van der Waals surface area contributed by atoms with E-state index in [0.717, 1.165) is 18.2 Å². The van der Waals surface area contributed by atoms with E-state index in [9.17, 15) is 9.59 Å². The predicted molar refractivity (Wildman–Crippen MR) is 87.6 cm³/mol. The third-order valence-corrected chi connectivity index (χ3v) is 4.64. The molecule has 1 amide bonds. The van der Waals surface area contributed by atoms with Crippen molar-refractivity contribution < 1.29 is 14.7 Å². The molecule has 1 aliphatic heterocycles. The van der Waals surface area contributed by atoms with Crippen LogP contribution >= 0.6 is 11.6 Å². The first-order chi connectivity index (χ1) is 11.1. The Morgan fingerprint density at radius 2 is 2.00 bits per heavy atom. The van der Waals surface area contributed by atoms with E-state index in [-0.39, 0.29) is 18.2 Å². The zero-order chi connectivity index (χ0) is 16.4. The Bertz CT molecular complexity index is 755. The highest BCUT2D eigenvalue weighted by Crippen LogP contribution is 2.27. The quantitative estimate of drug-likeness (QED) is 0.936. The summed E-state index contributed by atoms with van der Waals surface area (Å²) in [5, 5.41) is 10.2. The minimum absolute atomic E-state index is 0.0702. The summed E-state index contributed by atoms with van der Waals surface area (Å²) in [6.07, 6.45) is 3.26. The first-order valence-corrected chi connectivity index (χ1v) is 7.98. The summed E-state index contributed by atoms with van der Waals surface area (Å²) in [5.41, 5.74) is 1.15. The maximum Gasteiger partial charge on any atom is 0.303 e. The number of aliphatic carboxylic acids is 1. The number of fused-ring (bicyclic) bond motifs is 1. The maximum atomic E-state index is 12.8. The fraction of sp³-hybridized carbons (Fsp3) is 0.353. The summed E-state index contributed by atoms with van der Waals surface area (Å²) in [7, 11) is 0. The van der Waals surface area contributed by atoms with Crippen molar-refractivity contribution in [1.82, 2.24) is 9.88 Å². The van der Waals surface area contributed by atoms with E-state index in [4.69, 9.17) is 16.7 Å². The maximum absolute atomic E-state index is 12.8. The second kappa shape index (κ2) is 6.54. The van der Waals surface area contributed by atoms with Crippen LogP contribution in [0.5, 0.6) is 0 Å². The van der Waals surface area contributed by atoms with Gasteiger partial charge >= 0.3 is 5.97 Å². The number of likely N-dealkylation sites (tertiary alicyclic amines) is 1. The predicted octanol–water partition coefficient (Wildman–Crippen LogP) is 3.22. The van der Waals surface area contributed by atoms with Crippen LogP contribution < -0.4 is 0 Å². The van der Waals surface area contributed by atoms with Crippen LogP contribution in [-0.4, -0.2) is 40.0 Å². The molecule has 5 nitrogen and oxygen atoms in total. The van der Waals surface area contributed by atoms with E-state index in [0.29, 0.717) is 29.2 Å². The smallest absolute Gasteiger partial charge is 0.303 e. The van der Waals surface area contributed by atoms with Crippen LogP contribution in [0.1, 0.15) is 29.6 Å². The number of pyridine rings is 1. The standard InChI is InChI=1S/C17H17ClN2O3/c18-14-4-3-13(16-12(14)2-1-7-19-16)17(23)20-8-5-11(6-9-20)10-15(21)22/h1-4,7,11H,5-6,8-10H2,(H,21,22). The van der Waals surface area contributed by atoms with E-state index in [1.165, 1.54) is 0 Å². The summed E-state index contributed by atoms with van der Waals surface area (Å²) < 4.78 is 0. The Hall–Kier alpha value is -2.14. The van der Waals surface area contributed by atoms with Crippen LogP contribution in [0.4, 0.5) is 0 Å². The number of hydrogen-bond donors (Lipinski definition) is 1. The van der Waals surface area contributed by atoms with Gasteiger partial charge in [0.1, 0.15) is 0 Å². The molecule has 120 valence electrons. The molecule has 2 heterocycles. The van der Waals surface area contributed by atoms with Crippen molar-refractivity contribution in [3.8, 4) is 0 Å². The lowest BCUT2D eigenvalue weighted by molar-refractivity contribution is -0.138. The average Bonchev–Trinajstić information content (AvgIpc) is 2.55. The largest absolute Gasteiger partial charge is 0.481 e. The zero-order valence-electron chi connectivity index (χ0n) is 12.5. The van der Waals surface area contributed by atoms with Gasteiger partial charge < -0.3 is 10.0 Å². The molecular formula is C17H17ClN2O3. The molecule has 0 bridgehead atoms. The topological polar surface area (TPSA) is 70.5 Å². The molecule has 1 saturated heterocycles. The van der Waals surface area contributed by atoms with Crippen molar-refractivity contribution in [2.45, 2.75) is 19.3 Å². The third-order valence-electron chi connectivity index (χ3n) is 4.31. The van der Waals surface area contributed by atoms with Crippen LogP contribution in [-0.2, 0) is 4.79 Å². The van der Waals surface area contributed by atoms with Crippen LogP contribution in [0.3, 0.4) is 0 Å².